The van der Waals surface area contributed by atoms with Gasteiger partial charge in [0.2, 0.25) is 8.32 Å². The molecule has 0 aliphatic carbocycles. The highest BCUT2D eigenvalue weighted by Crippen LogP contribution is 2.00. The molecule has 1 nitrogen and oxygen atoms in total. The monoisotopic (exact) mass is 166 g/mol. The molecule has 0 aliphatic rings. The highest BCUT2D eigenvalue weighted by Gasteiger charge is 2.18. The molecule has 0 unspecified atom stereocenters. The molecule has 1 aromatic carbocycles. The Labute approximate surface area is 68.8 Å². The van der Waals surface area contributed by atoms with Crippen molar-refractivity contribution in [2.45, 2.75) is 20.0 Å². The molecule has 0 heterocycles. The van der Waals surface area contributed by atoms with Gasteiger partial charge < -0.3 is 4.80 Å². The summed E-state index contributed by atoms with van der Waals surface area (Å²) in [5, 5.41) is 1.10. The van der Waals surface area contributed by atoms with Gasteiger partial charge in [0.05, 0.1) is 0 Å². The standard InChI is InChI=1S/C9H14OSi/c1-8-4-6-9(7-5-8)11(2,3)10/h4-7,10H,1-3H3. The predicted octanol–water partition coefficient (Wildman–Crippen LogP) is 1.40. The van der Waals surface area contributed by atoms with Crippen LogP contribution in [0.15, 0.2) is 24.3 Å². The van der Waals surface area contributed by atoms with Crippen molar-refractivity contribution in [1.29, 1.82) is 0 Å². The fraction of sp³-hybridized carbons (Fsp3) is 0.333. The fourth-order valence-electron chi connectivity index (χ4n) is 0.961. The first-order chi connectivity index (χ1) is 5.00. The third kappa shape index (κ3) is 2.17. The lowest BCUT2D eigenvalue weighted by Crippen LogP contribution is -2.41. The molecule has 1 aromatic rings. The normalized spacial score (nSPS) is 11.6. The van der Waals surface area contributed by atoms with Crippen molar-refractivity contribution in [3.63, 3.8) is 0 Å². The van der Waals surface area contributed by atoms with E-state index in [-0.39, 0.29) is 0 Å². The highest BCUT2D eigenvalue weighted by atomic mass is 28.4. The molecule has 11 heavy (non-hydrogen) atoms. The van der Waals surface area contributed by atoms with E-state index in [0.717, 1.165) is 5.19 Å². The first-order valence-corrected chi connectivity index (χ1v) is 6.74. The second kappa shape index (κ2) is 2.79. The largest absolute Gasteiger partial charge is 0.428 e. The van der Waals surface area contributed by atoms with E-state index in [1.54, 1.807) is 0 Å². The maximum Gasteiger partial charge on any atom is 0.213 e. The Hall–Kier alpha value is -0.603. The van der Waals surface area contributed by atoms with Gasteiger partial charge in [-0.25, -0.2) is 0 Å². The van der Waals surface area contributed by atoms with Crippen LogP contribution in [0.5, 0.6) is 0 Å². The van der Waals surface area contributed by atoms with Crippen molar-refractivity contribution in [3.8, 4) is 0 Å². The van der Waals surface area contributed by atoms with Crippen LogP contribution in [-0.4, -0.2) is 13.1 Å². The third-order valence-electron chi connectivity index (χ3n) is 1.76. The summed E-state index contributed by atoms with van der Waals surface area (Å²) in [7, 11) is -2.06. The van der Waals surface area contributed by atoms with Crippen LogP contribution in [-0.2, 0) is 0 Å². The van der Waals surface area contributed by atoms with E-state index in [1.165, 1.54) is 5.56 Å². The molecule has 0 fully saturated rings. The van der Waals surface area contributed by atoms with Gasteiger partial charge in [0.25, 0.3) is 0 Å². The molecular weight excluding hydrogens is 152 g/mol. The third-order valence-corrected chi connectivity index (χ3v) is 3.50. The minimum absolute atomic E-state index is 1.10. The number of benzene rings is 1. The summed E-state index contributed by atoms with van der Waals surface area (Å²) in [4.78, 5) is 9.72. The smallest absolute Gasteiger partial charge is 0.213 e. The van der Waals surface area contributed by atoms with Gasteiger partial charge in [-0.15, -0.1) is 0 Å². The van der Waals surface area contributed by atoms with Gasteiger partial charge in [-0.3, -0.25) is 0 Å². The van der Waals surface area contributed by atoms with Gasteiger partial charge in [-0.1, -0.05) is 29.8 Å². The molecule has 0 saturated heterocycles. The molecule has 0 amide bonds. The molecule has 0 aromatic heterocycles. The topological polar surface area (TPSA) is 20.2 Å². The van der Waals surface area contributed by atoms with E-state index in [1.807, 2.05) is 37.4 Å². The van der Waals surface area contributed by atoms with E-state index in [0.29, 0.717) is 0 Å². The lowest BCUT2D eigenvalue weighted by molar-refractivity contribution is 0.568. The summed E-state index contributed by atoms with van der Waals surface area (Å²) in [6.07, 6.45) is 0. The Balaban J connectivity index is 2.99. The van der Waals surface area contributed by atoms with Crippen molar-refractivity contribution in [1.82, 2.24) is 0 Å². The van der Waals surface area contributed by atoms with E-state index >= 15 is 0 Å². The fourth-order valence-corrected chi connectivity index (χ4v) is 1.94. The summed E-state index contributed by atoms with van der Waals surface area (Å²) >= 11 is 0. The van der Waals surface area contributed by atoms with Gasteiger partial charge in [0.15, 0.2) is 0 Å². The Morgan fingerprint density at radius 2 is 1.55 bits per heavy atom. The number of aryl methyl sites for hydroxylation is 1. The number of hydrogen-bond acceptors (Lipinski definition) is 1. The summed E-state index contributed by atoms with van der Waals surface area (Å²) in [6.45, 7) is 5.91. The van der Waals surface area contributed by atoms with E-state index in [2.05, 4.69) is 6.92 Å². The lowest BCUT2D eigenvalue weighted by Gasteiger charge is -2.13. The molecule has 0 spiro atoms. The van der Waals surface area contributed by atoms with Crippen LogP contribution in [0.2, 0.25) is 13.1 Å². The van der Waals surface area contributed by atoms with Gasteiger partial charge in [-0.05, 0) is 25.2 Å². The van der Waals surface area contributed by atoms with Crippen LogP contribution in [0.25, 0.3) is 0 Å². The molecule has 0 bridgehead atoms. The zero-order valence-electron chi connectivity index (χ0n) is 7.26. The zero-order valence-corrected chi connectivity index (χ0v) is 8.26. The van der Waals surface area contributed by atoms with Crippen molar-refractivity contribution in [2.75, 3.05) is 0 Å². The first-order valence-electron chi connectivity index (χ1n) is 3.79. The number of rotatable bonds is 1. The van der Waals surface area contributed by atoms with Crippen LogP contribution >= 0.6 is 0 Å². The van der Waals surface area contributed by atoms with Crippen LogP contribution in [0, 0.1) is 6.92 Å². The van der Waals surface area contributed by atoms with Gasteiger partial charge in [-0.2, -0.15) is 0 Å². The quantitative estimate of drug-likeness (QED) is 0.625. The van der Waals surface area contributed by atoms with Gasteiger partial charge >= 0.3 is 0 Å². The average Bonchev–Trinajstić information content (AvgIpc) is 1.86. The van der Waals surface area contributed by atoms with E-state index in [9.17, 15) is 4.80 Å². The highest BCUT2D eigenvalue weighted by molar-refractivity contribution is 6.83. The predicted molar refractivity (Wildman–Crippen MR) is 50.5 cm³/mol. The van der Waals surface area contributed by atoms with E-state index in [4.69, 9.17) is 0 Å². The first kappa shape index (κ1) is 8.49. The summed E-state index contributed by atoms with van der Waals surface area (Å²) in [5.74, 6) is 0. The maximum atomic E-state index is 9.72. The van der Waals surface area contributed by atoms with Crippen molar-refractivity contribution in [2.24, 2.45) is 0 Å². The molecule has 2 heteroatoms. The molecule has 0 atom stereocenters. The Morgan fingerprint density at radius 1 is 1.09 bits per heavy atom. The summed E-state index contributed by atoms with van der Waals surface area (Å²) < 4.78 is 0. The molecular formula is C9H14OSi. The Kier molecular flexibility index (Phi) is 2.16. The molecule has 0 radical (unpaired) electrons. The molecule has 0 saturated carbocycles. The maximum absolute atomic E-state index is 9.72. The summed E-state index contributed by atoms with van der Waals surface area (Å²) in [5.41, 5.74) is 1.24. The number of hydrogen-bond donors (Lipinski definition) is 1. The minimum Gasteiger partial charge on any atom is -0.428 e. The summed E-state index contributed by atoms with van der Waals surface area (Å²) in [6, 6.07) is 8.11. The van der Waals surface area contributed by atoms with Crippen LogP contribution in [0.1, 0.15) is 5.56 Å². The average molecular weight is 166 g/mol. The zero-order chi connectivity index (χ0) is 8.48. The second-order valence-corrected chi connectivity index (χ2v) is 7.12. The van der Waals surface area contributed by atoms with Gasteiger partial charge in [0.1, 0.15) is 0 Å². The van der Waals surface area contributed by atoms with Crippen LogP contribution in [0.4, 0.5) is 0 Å². The molecule has 0 aliphatic heterocycles. The molecule has 1 N–H and O–H groups in total. The van der Waals surface area contributed by atoms with E-state index < -0.39 is 8.32 Å². The van der Waals surface area contributed by atoms with Crippen LogP contribution < -0.4 is 5.19 Å². The van der Waals surface area contributed by atoms with Gasteiger partial charge in [0, 0.05) is 0 Å². The SMILES string of the molecule is Cc1ccc([Si](C)(C)O)cc1. The Morgan fingerprint density at radius 3 is 1.91 bits per heavy atom. The van der Waals surface area contributed by atoms with Crippen molar-refractivity contribution in [3.05, 3.63) is 29.8 Å². The molecule has 1 rings (SSSR count). The second-order valence-electron chi connectivity index (χ2n) is 3.43. The Bertz CT molecular complexity index is 233. The molecule has 60 valence electrons. The van der Waals surface area contributed by atoms with Crippen molar-refractivity contribution < 1.29 is 4.80 Å². The van der Waals surface area contributed by atoms with Crippen LogP contribution in [0.3, 0.4) is 0 Å². The van der Waals surface area contributed by atoms with Crippen molar-refractivity contribution >= 4 is 13.5 Å². The minimum atomic E-state index is -2.06. The lowest BCUT2D eigenvalue weighted by atomic mass is 10.2.